The van der Waals surface area contributed by atoms with E-state index in [1.54, 1.807) is 4.90 Å². The van der Waals surface area contributed by atoms with Gasteiger partial charge in [0, 0.05) is 19.5 Å². The average Bonchev–Trinajstić information content (AvgIpc) is 2.35. The first-order valence-electron chi connectivity index (χ1n) is 6.71. The molecule has 1 aliphatic rings. The van der Waals surface area contributed by atoms with Crippen LogP contribution >= 0.6 is 0 Å². The number of carbonyl (C=O) groups is 3. The van der Waals surface area contributed by atoms with Crippen LogP contribution in [-0.2, 0) is 14.4 Å². The number of nitrogens with zero attached hydrogens (tertiary/aromatic N) is 1. The molecule has 1 aliphatic heterocycles. The van der Waals surface area contributed by atoms with Crippen molar-refractivity contribution in [3.63, 3.8) is 0 Å². The molecular weight excluding hydrogens is 248 g/mol. The van der Waals surface area contributed by atoms with Crippen molar-refractivity contribution < 1.29 is 19.5 Å². The zero-order valence-electron chi connectivity index (χ0n) is 11.5. The van der Waals surface area contributed by atoms with E-state index in [0.717, 1.165) is 6.42 Å². The minimum Gasteiger partial charge on any atom is -0.481 e. The highest BCUT2D eigenvalue weighted by atomic mass is 16.4. The summed E-state index contributed by atoms with van der Waals surface area (Å²) in [6, 6.07) is 0. The number of carbonyl (C=O) groups excluding carboxylic acids is 2. The van der Waals surface area contributed by atoms with Gasteiger partial charge in [-0.1, -0.05) is 13.8 Å². The number of nitrogens with one attached hydrogen (secondary N) is 1. The van der Waals surface area contributed by atoms with E-state index in [0.29, 0.717) is 19.4 Å². The molecule has 0 bridgehead atoms. The fourth-order valence-electron chi connectivity index (χ4n) is 2.34. The Morgan fingerprint density at radius 3 is 2.58 bits per heavy atom. The summed E-state index contributed by atoms with van der Waals surface area (Å²) in [6.45, 7) is 4.59. The monoisotopic (exact) mass is 270 g/mol. The molecule has 108 valence electrons. The first-order chi connectivity index (χ1) is 8.93. The maximum atomic E-state index is 11.9. The Morgan fingerprint density at radius 1 is 1.32 bits per heavy atom. The van der Waals surface area contributed by atoms with E-state index in [2.05, 4.69) is 5.32 Å². The van der Waals surface area contributed by atoms with E-state index >= 15 is 0 Å². The van der Waals surface area contributed by atoms with Gasteiger partial charge in [0.1, 0.15) is 0 Å². The van der Waals surface area contributed by atoms with Crippen LogP contribution in [0.25, 0.3) is 0 Å². The van der Waals surface area contributed by atoms with Gasteiger partial charge in [-0.15, -0.1) is 0 Å². The lowest BCUT2D eigenvalue weighted by molar-refractivity contribution is -0.147. The van der Waals surface area contributed by atoms with Crippen molar-refractivity contribution >= 4 is 17.8 Å². The summed E-state index contributed by atoms with van der Waals surface area (Å²) in [7, 11) is 0. The van der Waals surface area contributed by atoms with Crippen LogP contribution < -0.4 is 5.32 Å². The van der Waals surface area contributed by atoms with Crippen molar-refractivity contribution in [3.8, 4) is 0 Å². The summed E-state index contributed by atoms with van der Waals surface area (Å²) < 4.78 is 0. The van der Waals surface area contributed by atoms with Gasteiger partial charge in [0.2, 0.25) is 11.8 Å². The number of aliphatic carboxylic acids is 1. The molecule has 0 aromatic heterocycles. The number of likely N-dealkylation sites (tertiary alicyclic amines) is 1. The second-order valence-corrected chi connectivity index (χ2v) is 5.20. The third-order valence-corrected chi connectivity index (χ3v) is 3.28. The predicted octanol–water partition coefficient (Wildman–Crippen LogP) is 0.472. The zero-order valence-corrected chi connectivity index (χ0v) is 11.5. The fraction of sp³-hybridized carbons (Fsp3) is 0.769. The van der Waals surface area contributed by atoms with Crippen molar-refractivity contribution in [2.45, 2.75) is 33.1 Å². The van der Waals surface area contributed by atoms with E-state index in [-0.39, 0.29) is 30.8 Å². The largest absolute Gasteiger partial charge is 0.481 e. The molecule has 1 heterocycles. The Labute approximate surface area is 113 Å². The Kier molecular flexibility index (Phi) is 5.79. The van der Waals surface area contributed by atoms with Gasteiger partial charge in [0.25, 0.3) is 0 Å². The molecular formula is C13H22N2O4. The zero-order chi connectivity index (χ0) is 14.4. The molecule has 0 saturated carbocycles. The van der Waals surface area contributed by atoms with Crippen LogP contribution in [-0.4, -0.2) is 47.4 Å². The van der Waals surface area contributed by atoms with Crippen molar-refractivity contribution in [1.29, 1.82) is 0 Å². The van der Waals surface area contributed by atoms with Gasteiger partial charge in [-0.2, -0.15) is 0 Å². The van der Waals surface area contributed by atoms with E-state index in [4.69, 9.17) is 5.11 Å². The van der Waals surface area contributed by atoms with Crippen molar-refractivity contribution in [3.05, 3.63) is 0 Å². The van der Waals surface area contributed by atoms with Crippen LogP contribution in [0.5, 0.6) is 0 Å². The summed E-state index contributed by atoms with van der Waals surface area (Å²) in [4.78, 5) is 35.8. The number of rotatable bonds is 5. The van der Waals surface area contributed by atoms with Crippen LogP contribution in [0.15, 0.2) is 0 Å². The van der Waals surface area contributed by atoms with Crippen molar-refractivity contribution in [1.82, 2.24) is 10.2 Å². The normalized spacial score (nSPS) is 22.9. The molecule has 2 N–H and O–H groups in total. The van der Waals surface area contributed by atoms with Crippen molar-refractivity contribution in [2.75, 3.05) is 19.6 Å². The first kappa shape index (κ1) is 15.5. The molecule has 6 heteroatoms. The summed E-state index contributed by atoms with van der Waals surface area (Å²) in [5.41, 5.74) is 0. The van der Waals surface area contributed by atoms with Crippen molar-refractivity contribution in [2.24, 2.45) is 11.8 Å². The van der Waals surface area contributed by atoms with E-state index in [1.807, 2.05) is 13.8 Å². The fourth-order valence-corrected chi connectivity index (χ4v) is 2.34. The highest BCUT2D eigenvalue weighted by molar-refractivity contribution is 5.85. The molecule has 0 aromatic rings. The molecule has 0 spiro atoms. The molecule has 2 atom stereocenters. The summed E-state index contributed by atoms with van der Waals surface area (Å²) >= 11 is 0. The second-order valence-electron chi connectivity index (χ2n) is 5.20. The smallest absolute Gasteiger partial charge is 0.308 e. The van der Waals surface area contributed by atoms with Gasteiger partial charge in [-0.05, 0) is 18.8 Å². The highest BCUT2D eigenvalue weighted by Gasteiger charge is 2.31. The third-order valence-electron chi connectivity index (χ3n) is 3.28. The summed E-state index contributed by atoms with van der Waals surface area (Å²) in [5, 5.41) is 11.6. The molecule has 0 radical (unpaired) electrons. The van der Waals surface area contributed by atoms with Gasteiger partial charge >= 0.3 is 5.97 Å². The maximum absolute atomic E-state index is 11.9. The quantitative estimate of drug-likeness (QED) is 0.760. The minimum atomic E-state index is -0.862. The molecule has 1 fully saturated rings. The van der Waals surface area contributed by atoms with Crippen LogP contribution in [0.3, 0.4) is 0 Å². The number of hydrogen-bond acceptors (Lipinski definition) is 3. The Bertz CT molecular complexity index is 357. The second kappa shape index (κ2) is 7.11. The molecule has 19 heavy (non-hydrogen) atoms. The molecule has 2 unspecified atom stereocenters. The van der Waals surface area contributed by atoms with Gasteiger partial charge < -0.3 is 15.3 Å². The molecule has 2 amide bonds. The van der Waals surface area contributed by atoms with Gasteiger partial charge in [0.05, 0.1) is 12.5 Å². The van der Waals surface area contributed by atoms with Crippen LogP contribution in [0.2, 0.25) is 0 Å². The lowest BCUT2D eigenvalue weighted by Gasteiger charge is -2.34. The van der Waals surface area contributed by atoms with Gasteiger partial charge in [-0.3, -0.25) is 14.4 Å². The number of hydrogen-bond donors (Lipinski definition) is 2. The van der Waals surface area contributed by atoms with Gasteiger partial charge in [0.15, 0.2) is 0 Å². The average molecular weight is 270 g/mol. The van der Waals surface area contributed by atoms with E-state index in [1.165, 1.54) is 0 Å². The minimum absolute atomic E-state index is 0.0438. The van der Waals surface area contributed by atoms with E-state index < -0.39 is 11.9 Å². The number of carboxylic acid groups (broad SMARTS) is 1. The summed E-state index contributed by atoms with van der Waals surface area (Å²) in [5.74, 6) is -1.54. The SMILES string of the molecule is CCCC(=O)NCC(=O)N1CC(C)CC(C(=O)O)C1. The first-order valence-corrected chi connectivity index (χ1v) is 6.71. The maximum Gasteiger partial charge on any atom is 0.308 e. The lowest BCUT2D eigenvalue weighted by Crippen LogP contribution is -2.48. The Balaban J connectivity index is 2.47. The molecule has 1 saturated heterocycles. The molecule has 0 aromatic carbocycles. The topological polar surface area (TPSA) is 86.7 Å². The van der Waals surface area contributed by atoms with Crippen LogP contribution in [0.1, 0.15) is 33.1 Å². The highest BCUT2D eigenvalue weighted by Crippen LogP contribution is 2.21. The van der Waals surface area contributed by atoms with Crippen LogP contribution in [0, 0.1) is 11.8 Å². The number of carboxylic acids is 1. The Hall–Kier alpha value is -1.59. The van der Waals surface area contributed by atoms with Crippen LogP contribution in [0.4, 0.5) is 0 Å². The van der Waals surface area contributed by atoms with E-state index in [9.17, 15) is 14.4 Å². The van der Waals surface area contributed by atoms with Gasteiger partial charge in [-0.25, -0.2) is 0 Å². The molecule has 0 aliphatic carbocycles. The third kappa shape index (κ3) is 4.89. The molecule has 6 nitrogen and oxygen atoms in total. The number of piperidine rings is 1. The lowest BCUT2D eigenvalue weighted by atomic mass is 9.90. The predicted molar refractivity (Wildman–Crippen MR) is 69.4 cm³/mol. The summed E-state index contributed by atoms with van der Waals surface area (Å²) in [6.07, 6.45) is 1.74. The number of amides is 2. The standard InChI is InChI=1S/C13H22N2O4/c1-3-4-11(16)14-6-12(17)15-7-9(2)5-10(8-15)13(18)19/h9-10H,3-8H2,1-2H3,(H,14,16)(H,18,19). The molecule has 1 rings (SSSR count). The Morgan fingerprint density at radius 2 is 2.00 bits per heavy atom.